The van der Waals surface area contributed by atoms with Gasteiger partial charge in [0.2, 0.25) is 9.84 Å². The molecule has 0 amide bonds. The first-order valence-corrected chi connectivity index (χ1v) is 13.4. The highest BCUT2D eigenvalue weighted by Crippen LogP contribution is 2.34. The first-order chi connectivity index (χ1) is 18.2. The standard InChI is InChI=1S/C30H27N3O4S/c1-2-8-22-9-6-10-25(19-22)24-17-15-23(16-18-24)20-30(31,38(36,37)26-11-4-3-5-12-26)27-13-7-14-28(33-27)32-21-29(34)35/h3-7,9-19H,20-21,31H2,1H3,(H,32,33)(H,34,35). The molecule has 1 aromatic heterocycles. The van der Waals surface area contributed by atoms with Crippen LogP contribution >= 0.6 is 0 Å². The number of carboxylic acids is 1. The Morgan fingerprint density at radius 3 is 2.34 bits per heavy atom. The smallest absolute Gasteiger partial charge is 0.322 e. The highest BCUT2D eigenvalue weighted by Gasteiger charge is 2.44. The van der Waals surface area contributed by atoms with Gasteiger partial charge in [-0.05, 0) is 60.0 Å². The number of anilines is 1. The van der Waals surface area contributed by atoms with Gasteiger partial charge in [-0.1, -0.05) is 66.6 Å². The fourth-order valence-corrected chi connectivity index (χ4v) is 5.79. The van der Waals surface area contributed by atoms with E-state index in [-0.39, 0.29) is 29.4 Å². The van der Waals surface area contributed by atoms with E-state index in [9.17, 15) is 13.2 Å². The van der Waals surface area contributed by atoms with Gasteiger partial charge < -0.3 is 16.2 Å². The summed E-state index contributed by atoms with van der Waals surface area (Å²) in [6.45, 7) is 1.42. The summed E-state index contributed by atoms with van der Waals surface area (Å²) in [5.41, 5.74) is 10.4. The lowest BCUT2D eigenvalue weighted by atomic mass is 9.98. The summed E-state index contributed by atoms with van der Waals surface area (Å²) >= 11 is 0. The molecule has 0 fully saturated rings. The Morgan fingerprint density at radius 2 is 1.66 bits per heavy atom. The van der Waals surface area contributed by atoms with Gasteiger partial charge >= 0.3 is 5.97 Å². The molecule has 192 valence electrons. The summed E-state index contributed by atoms with van der Waals surface area (Å²) in [5.74, 6) is 5.10. The van der Waals surface area contributed by atoms with Crippen LogP contribution in [0.3, 0.4) is 0 Å². The van der Waals surface area contributed by atoms with Crippen LogP contribution in [0.4, 0.5) is 5.82 Å². The van der Waals surface area contributed by atoms with Crippen LogP contribution in [0.15, 0.2) is 102 Å². The molecule has 1 unspecified atom stereocenters. The summed E-state index contributed by atoms with van der Waals surface area (Å²) in [5, 5.41) is 11.7. The molecule has 38 heavy (non-hydrogen) atoms. The Bertz CT molecular complexity index is 1610. The number of hydrogen-bond acceptors (Lipinski definition) is 6. The maximum Gasteiger partial charge on any atom is 0.322 e. The van der Waals surface area contributed by atoms with Crippen LogP contribution in [0.25, 0.3) is 11.1 Å². The van der Waals surface area contributed by atoms with E-state index in [1.54, 1.807) is 43.3 Å². The second kappa shape index (κ2) is 11.3. The number of nitrogens with one attached hydrogen (secondary N) is 1. The topological polar surface area (TPSA) is 122 Å². The van der Waals surface area contributed by atoms with Crippen molar-refractivity contribution in [1.29, 1.82) is 0 Å². The summed E-state index contributed by atoms with van der Waals surface area (Å²) < 4.78 is 27.9. The fraction of sp³-hybridized carbons (Fsp3) is 0.133. The van der Waals surface area contributed by atoms with Crippen molar-refractivity contribution >= 4 is 21.6 Å². The molecule has 0 radical (unpaired) electrons. The lowest BCUT2D eigenvalue weighted by Gasteiger charge is -2.29. The molecule has 0 saturated carbocycles. The van der Waals surface area contributed by atoms with Crippen molar-refractivity contribution in [2.75, 3.05) is 11.9 Å². The van der Waals surface area contributed by atoms with Crippen LogP contribution in [0.2, 0.25) is 0 Å². The number of sulfone groups is 1. The quantitative estimate of drug-likeness (QED) is 0.276. The van der Waals surface area contributed by atoms with Gasteiger partial charge in [-0.15, -0.1) is 5.92 Å². The molecule has 3 aromatic carbocycles. The normalized spacial score (nSPS) is 12.6. The summed E-state index contributed by atoms with van der Waals surface area (Å²) in [7, 11) is -4.12. The Balaban J connectivity index is 1.74. The molecular formula is C30H27N3O4S. The van der Waals surface area contributed by atoms with E-state index in [0.717, 1.165) is 16.7 Å². The zero-order valence-electron chi connectivity index (χ0n) is 20.8. The molecule has 4 aromatic rings. The van der Waals surface area contributed by atoms with E-state index in [1.165, 1.54) is 12.1 Å². The molecule has 7 nitrogen and oxygen atoms in total. The monoisotopic (exact) mass is 525 g/mol. The SMILES string of the molecule is CC#Cc1cccc(-c2ccc(CC(N)(c3cccc(NCC(=O)O)n3)S(=O)(=O)c3ccccc3)cc2)c1. The molecule has 0 aliphatic rings. The molecule has 1 heterocycles. The Kier molecular flexibility index (Phi) is 7.91. The predicted octanol–water partition coefficient (Wildman–Crippen LogP) is 4.44. The number of benzene rings is 3. The third-order valence-electron chi connectivity index (χ3n) is 6.02. The highest BCUT2D eigenvalue weighted by molar-refractivity contribution is 7.92. The minimum atomic E-state index is -4.12. The van der Waals surface area contributed by atoms with Crippen molar-refractivity contribution in [2.24, 2.45) is 5.73 Å². The Hall–Kier alpha value is -4.45. The van der Waals surface area contributed by atoms with Crippen molar-refractivity contribution in [1.82, 2.24) is 4.98 Å². The van der Waals surface area contributed by atoms with Crippen molar-refractivity contribution in [3.63, 3.8) is 0 Å². The minimum absolute atomic E-state index is 0.0543. The van der Waals surface area contributed by atoms with Gasteiger partial charge in [0.05, 0.1) is 10.6 Å². The molecule has 0 aliphatic carbocycles. The summed E-state index contributed by atoms with van der Waals surface area (Å²) in [6, 6.07) is 28.1. The number of aromatic nitrogens is 1. The third kappa shape index (κ3) is 5.75. The summed E-state index contributed by atoms with van der Waals surface area (Å²) in [6.07, 6.45) is -0.0543. The molecule has 1 atom stereocenters. The van der Waals surface area contributed by atoms with E-state index in [1.807, 2.05) is 48.5 Å². The van der Waals surface area contributed by atoms with Gasteiger partial charge in [0.25, 0.3) is 0 Å². The van der Waals surface area contributed by atoms with Crippen molar-refractivity contribution < 1.29 is 18.3 Å². The van der Waals surface area contributed by atoms with Crippen LogP contribution in [-0.2, 0) is 25.9 Å². The van der Waals surface area contributed by atoms with E-state index in [0.29, 0.717) is 5.56 Å². The third-order valence-corrected chi connectivity index (χ3v) is 8.23. The number of rotatable bonds is 9. The van der Waals surface area contributed by atoms with E-state index < -0.39 is 20.7 Å². The van der Waals surface area contributed by atoms with Crippen LogP contribution < -0.4 is 11.1 Å². The molecule has 0 aliphatic heterocycles. The second-order valence-corrected chi connectivity index (χ2v) is 10.9. The minimum Gasteiger partial charge on any atom is -0.480 e. The number of aliphatic carboxylic acids is 1. The number of carboxylic acid groups (broad SMARTS) is 1. The predicted molar refractivity (Wildman–Crippen MR) is 148 cm³/mol. The molecule has 4 rings (SSSR count). The molecular weight excluding hydrogens is 498 g/mol. The highest BCUT2D eigenvalue weighted by atomic mass is 32.2. The van der Waals surface area contributed by atoms with Gasteiger partial charge in [-0.25, -0.2) is 13.4 Å². The first kappa shape index (κ1) is 26.6. The van der Waals surface area contributed by atoms with Gasteiger partial charge in [0.1, 0.15) is 12.4 Å². The van der Waals surface area contributed by atoms with Crippen LogP contribution in [0.5, 0.6) is 0 Å². The van der Waals surface area contributed by atoms with Crippen LogP contribution in [0.1, 0.15) is 23.7 Å². The van der Waals surface area contributed by atoms with Gasteiger partial charge in [0, 0.05) is 12.0 Å². The lowest BCUT2D eigenvalue weighted by Crippen LogP contribution is -2.47. The summed E-state index contributed by atoms with van der Waals surface area (Å²) in [4.78, 5) is 13.6. The molecule has 8 heteroatoms. The van der Waals surface area contributed by atoms with Crippen molar-refractivity contribution in [3.8, 4) is 23.0 Å². The number of nitrogens with two attached hydrogens (primary N) is 1. The Morgan fingerprint density at radius 1 is 0.947 bits per heavy atom. The zero-order chi connectivity index (χ0) is 27.2. The Labute approximate surface area is 222 Å². The van der Waals surface area contributed by atoms with E-state index >= 15 is 0 Å². The second-order valence-electron chi connectivity index (χ2n) is 8.69. The average Bonchev–Trinajstić information content (AvgIpc) is 2.93. The van der Waals surface area contributed by atoms with Crippen LogP contribution in [-0.4, -0.2) is 31.0 Å². The van der Waals surface area contributed by atoms with Crippen molar-refractivity contribution in [2.45, 2.75) is 23.1 Å². The molecule has 0 saturated heterocycles. The number of nitrogens with zero attached hydrogens (tertiary/aromatic N) is 1. The molecule has 0 spiro atoms. The van der Waals surface area contributed by atoms with Gasteiger partial charge in [0.15, 0.2) is 4.87 Å². The number of hydrogen-bond donors (Lipinski definition) is 3. The first-order valence-electron chi connectivity index (χ1n) is 11.9. The maximum absolute atomic E-state index is 13.9. The molecule has 4 N–H and O–H groups in total. The lowest BCUT2D eigenvalue weighted by molar-refractivity contribution is -0.134. The maximum atomic E-state index is 13.9. The molecule has 0 bridgehead atoms. The van der Waals surface area contributed by atoms with Gasteiger partial charge in [-0.3, -0.25) is 4.79 Å². The van der Waals surface area contributed by atoms with Crippen molar-refractivity contribution in [3.05, 3.63) is 114 Å². The average molecular weight is 526 g/mol. The van der Waals surface area contributed by atoms with Gasteiger partial charge in [-0.2, -0.15) is 0 Å². The van der Waals surface area contributed by atoms with E-state index in [2.05, 4.69) is 22.1 Å². The number of carbonyl (C=O) groups is 1. The van der Waals surface area contributed by atoms with Crippen LogP contribution in [0, 0.1) is 11.8 Å². The fourth-order valence-electron chi connectivity index (χ4n) is 4.11. The largest absolute Gasteiger partial charge is 0.480 e. The zero-order valence-corrected chi connectivity index (χ0v) is 21.6. The van der Waals surface area contributed by atoms with E-state index in [4.69, 9.17) is 10.8 Å². The number of pyridine rings is 1.